The van der Waals surface area contributed by atoms with Crippen LogP contribution in [0.4, 0.5) is 5.13 Å². The number of ether oxygens (including phenoxy) is 1. The number of thiazole rings is 1. The zero-order chi connectivity index (χ0) is 15.4. The molecule has 0 radical (unpaired) electrons. The molecule has 0 aliphatic carbocycles. The average molecular weight is 334 g/mol. The number of halogens is 1. The van der Waals surface area contributed by atoms with Gasteiger partial charge in [-0.15, -0.1) is 0 Å². The smallest absolute Gasteiger partial charge is 0.276 e. The van der Waals surface area contributed by atoms with Crippen molar-refractivity contribution in [3.05, 3.63) is 53.6 Å². The van der Waals surface area contributed by atoms with Gasteiger partial charge in [0.2, 0.25) is 5.13 Å². The highest BCUT2D eigenvalue weighted by Crippen LogP contribution is 2.24. The number of para-hydroxylation sites is 1. The first-order chi connectivity index (χ1) is 10.7. The summed E-state index contributed by atoms with van der Waals surface area (Å²) in [6.45, 7) is -0.113. The fraction of sp³-hybridized carbons (Fsp3) is 0.0667. The van der Waals surface area contributed by atoms with Crippen LogP contribution in [-0.4, -0.2) is 17.5 Å². The first-order valence-electron chi connectivity index (χ1n) is 6.49. The van der Waals surface area contributed by atoms with E-state index in [1.54, 1.807) is 24.3 Å². The Bertz CT molecular complexity index is 773. The highest BCUT2D eigenvalue weighted by atomic mass is 35.5. The molecule has 1 amide bonds. The number of benzene rings is 2. The topological polar surface area (TPSA) is 63.2 Å². The van der Waals surface area contributed by atoms with Crippen LogP contribution >= 0.6 is 22.9 Å². The Kier molecular flexibility index (Phi) is 4.41. The van der Waals surface area contributed by atoms with Gasteiger partial charge in [0.1, 0.15) is 5.75 Å². The summed E-state index contributed by atoms with van der Waals surface area (Å²) in [6, 6.07) is 14.6. The fourth-order valence-corrected chi connectivity index (χ4v) is 2.79. The van der Waals surface area contributed by atoms with E-state index in [-0.39, 0.29) is 12.5 Å². The zero-order valence-electron chi connectivity index (χ0n) is 11.4. The van der Waals surface area contributed by atoms with E-state index < -0.39 is 0 Å². The number of amides is 1. The summed E-state index contributed by atoms with van der Waals surface area (Å²) < 4.78 is 6.39. The van der Waals surface area contributed by atoms with Gasteiger partial charge in [0, 0.05) is 5.02 Å². The molecule has 0 fully saturated rings. The predicted molar refractivity (Wildman–Crippen MR) is 88.3 cm³/mol. The minimum Gasteiger partial charge on any atom is -0.484 e. The van der Waals surface area contributed by atoms with Crippen molar-refractivity contribution < 1.29 is 9.53 Å². The largest absolute Gasteiger partial charge is 0.484 e. The lowest BCUT2D eigenvalue weighted by Gasteiger charge is -2.07. The van der Waals surface area contributed by atoms with Crippen LogP contribution in [0.3, 0.4) is 0 Å². The molecule has 0 aliphatic heterocycles. The molecule has 112 valence electrons. The lowest BCUT2D eigenvalue weighted by molar-refractivity contribution is -0.122. The second-order valence-electron chi connectivity index (χ2n) is 4.41. The van der Waals surface area contributed by atoms with Gasteiger partial charge in [-0.3, -0.25) is 15.6 Å². The number of nitrogens with one attached hydrogen (secondary N) is 2. The standard InChI is InChI=1S/C15H12ClN3O2S/c16-10-4-3-5-11(8-10)21-9-14(20)18-19-15-17-12-6-1-2-7-13(12)22-15/h1-8H,9H2,(H,17,19)(H,18,20). The van der Waals surface area contributed by atoms with Crippen molar-refractivity contribution in [1.29, 1.82) is 0 Å². The predicted octanol–water partition coefficient (Wildman–Crippen LogP) is 3.47. The van der Waals surface area contributed by atoms with Gasteiger partial charge in [-0.1, -0.05) is 41.1 Å². The van der Waals surface area contributed by atoms with E-state index in [2.05, 4.69) is 15.8 Å². The van der Waals surface area contributed by atoms with Crippen LogP contribution < -0.4 is 15.6 Å². The van der Waals surface area contributed by atoms with Gasteiger partial charge in [0.15, 0.2) is 6.61 Å². The molecule has 0 spiro atoms. The van der Waals surface area contributed by atoms with Crippen LogP contribution in [0.5, 0.6) is 5.75 Å². The summed E-state index contributed by atoms with van der Waals surface area (Å²) >= 11 is 7.30. The number of carbonyl (C=O) groups is 1. The van der Waals surface area contributed by atoms with Crippen molar-refractivity contribution in [3.8, 4) is 5.75 Å². The van der Waals surface area contributed by atoms with Crippen LogP contribution in [0.2, 0.25) is 5.02 Å². The van der Waals surface area contributed by atoms with E-state index in [4.69, 9.17) is 16.3 Å². The van der Waals surface area contributed by atoms with Crippen LogP contribution in [-0.2, 0) is 4.79 Å². The lowest BCUT2D eigenvalue weighted by atomic mass is 10.3. The SMILES string of the molecule is O=C(COc1cccc(Cl)c1)NNc1nc2ccccc2s1. The van der Waals surface area contributed by atoms with Crippen molar-refractivity contribution in [2.45, 2.75) is 0 Å². The third-order valence-electron chi connectivity index (χ3n) is 2.77. The number of hydrogen-bond acceptors (Lipinski definition) is 5. The minimum atomic E-state index is -0.306. The molecule has 0 atom stereocenters. The van der Waals surface area contributed by atoms with Crippen molar-refractivity contribution in [2.75, 3.05) is 12.0 Å². The molecule has 1 heterocycles. The Morgan fingerprint density at radius 3 is 2.91 bits per heavy atom. The number of hydrogen-bond donors (Lipinski definition) is 2. The van der Waals surface area contributed by atoms with E-state index in [0.29, 0.717) is 15.9 Å². The van der Waals surface area contributed by atoms with E-state index in [1.165, 1.54) is 11.3 Å². The number of fused-ring (bicyclic) bond motifs is 1. The Hall–Kier alpha value is -2.31. The van der Waals surface area contributed by atoms with Gasteiger partial charge in [-0.2, -0.15) is 0 Å². The number of nitrogens with zero attached hydrogens (tertiary/aromatic N) is 1. The van der Waals surface area contributed by atoms with Crippen molar-refractivity contribution in [2.24, 2.45) is 0 Å². The maximum atomic E-state index is 11.7. The summed E-state index contributed by atoms with van der Waals surface area (Å²) in [6.07, 6.45) is 0. The molecule has 3 rings (SSSR count). The van der Waals surface area contributed by atoms with Crippen molar-refractivity contribution >= 4 is 44.2 Å². The second kappa shape index (κ2) is 6.64. The summed E-state index contributed by atoms with van der Waals surface area (Å²) in [5.74, 6) is 0.238. The Morgan fingerprint density at radius 2 is 2.09 bits per heavy atom. The van der Waals surface area contributed by atoms with Crippen LogP contribution in [0.1, 0.15) is 0 Å². The quantitative estimate of drug-likeness (QED) is 0.702. The molecule has 7 heteroatoms. The molecular formula is C15H12ClN3O2S. The summed E-state index contributed by atoms with van der Waals surface area (Å²) in [5, 5.41) is 1.18. The molecule has 1 aromatic heterocycles. The molecule has 22 heavy (non-hydrogen) atoms. The summed E-state index contributed by atoms with van der Waals surface area (Å²) in [4.78, 5) is 16.1. The molecule has 5 nitrogen and oxygen atoms in total. The Morgan fingerprint density at radius 1 is 1.23 bits per heavy atom. The van der Waals surface area contributed by atoms with Crippen LogP contribution in [0.25, 0.3) is 10.2 Å². The maximum Gasteiger partial charge on any atom is 0.276 e. The van der Waals surface area contributed by atoms with Gasteiger partial charge in [-0.25, -0.2) is 4.98 Å². The molecule has 0 saturated heterocycles. The van der Waals surface area contributed by atoms with Gasteiger partial charge in [0.25, 0.3) is 5.91 Å². The Balaban J connectivity index is 1.51. The monoisotopic (exact) mass is 333 g/mol. The highest BCUT2D eigenvalue weighted by molar-refractivity contribution is 7.22. The average Bonchev–Trinajstić information content (AvgIpc) is 2.94. The molecular weight excluding hydrogens is 322 g/mol. The van der Waals surface area contributed by atoms with Gasteiger partial charge in [-0.05, 0) is 30.3 Å². The molecule has 0 saturated carbocycles. The zero-order valence-corrected chi connectivity index (χ0v) is 12.9. The molecule has 2 aromatic carbocycles. The lowest BCUT2D eigenvalue weighted by Crippen LogP contribution is -2.33. The van der Waals surface area contributed by atoms with Crippen LogP contribution in [0, 0.1) is 0 Å². The van der Waals surface area contributed by atoms with E-state index in [9.17, 15) is 4.79 Å². The first kappa shape index (κ1) is 14.6. The second-order valence-corrected chi connectivity index (χ2v) is 5.87. The van der Waals surface area contributed by atoms with E-state index in [0.717, 1.165) is 10.2 Å². The Labute approximate surface area is 135 Å². The minimum absolute atomic E-state index is 0.113. The third kappa shape index (κ3) is 3.66. The maximum absolute atomic E-state index is 11.7. The number of carbonyl (C=O) groups excluding carboxylic acids is 1. The number of anilines is 1. The molecule has 2 N–H and O–H groups in total. The van der Waals surface area contributed by atoms with Gasteiger partial charge >= 0.3 is 0 Å². The van der Waals surface area contributed by atoms with E-state index >= 15 is 0 Å². The van der Waals surface area contributed by atoms with Crippen molar-refractivity contribution in [3.63, 3.8) is 0 Å². The molecule has 0 aliphatic rings. The van der Waals surface area contributed by atoms with Crippen molar-refractivity contribution in [1.82, 2.24) is 10.4 Å². The summed E-state index contributed by atoms with van der Waals surface area (Å²) in [7, 11) is 0. The van der Waals surface area contributed by atoms with Gasteiger partial charge < -0.3 is 4.74 Å². The number of rotatable bonds is 5. The normalized spacial score (nSPS) is 10.4. The van der Waals surface area contributed by atoms with E-state index in [1.807, 2.05) is 24.3 Å². The van der Waals surface area contributed by atoms with Crippen LogP contribution in [0.15, 0.2) is 48.5 Å². The number of hydrazine groups is 1. The molecule has 0 unspecified atom stereocenters. The highest BCUT2D eigenvalue weighted by Gasteiger charge is 2.06. The third-order valence-corrected chi connectivity index (χ3v) is 3.96. The van der Waals surface area contributed by atoms with Gasteiger partial charge in [0.05, 0.1) is 10.2 Å². The first-order valence-corrected chi connectivity index (χ1v) is 7.69. The molecule has 0 bridgehead atoms. The number of aromatic nitrogens is 1. The molecule has 3 aromatic rings. The summed E-state index contributed by atoms with van der Waals surface area (Å²) in [5.41, 5.74) is 6.22. The fourth-order valence-electron chi connectivity index (χ4n) is 1.79.